The van der Waals surface area contributed by atoms with Crippen molar-refractivity contribution in [1.82, 2.24) is 14.5 Å². The predicted octanol–water partition coefficient (Wildman–Crippen LogP) is 2.73. The second-order valence-corrected chi connectivity index (χ2v) is 10.3. The van der Waals surface area contributed by atoms with Crippen molar-refractivity contribution < 1.29 is 13.2 Å². The zero-order chi connectivity index (χ0) is 20.3. The quantitative estimate of drug-likeness (QED) is 0.784. The van der Waals surface area contributed by atoms with E-state index >= 15 is 0 Å². The summed E-state index contributed by atoms with van der Waals surface area (Å²) in [6.07, 6.45) is 4.63. The minimum absolute atomic E-state index is 0.0462. The van der Waals surface area contributed by atoms with Crippen molar-refractivity contribution in [1.29, 1.82) is 0 Å². The first-order chi connectivity index (χ1) is 13.3. The van der Waals surface area contributed by atoms with Crippen LogP contribution in [0, 0.1) is 5.92 Å². The fraction of sp³-hybridized carbons (Fsp3) is 0.650. The molecule has 0 unspecified atom stereocenters. The molecule has 0 spiro atoms. The van der Waals surface area contributed by atoms with E-state index in [0.717, 1.165) is 6.42 Å². The summed E-state index contributed by atoms with van der Waals surface area (Å²) in [5.41, 5.74) is 0. The third kappa shape index (κ3) is 4.87. The van der Waals surface area contributed by atoms with Crippen molar-refractivity contribution in [2.24, 2.45) is 5.92 Å². The van der Waals surface area contributed by atoms with Gasteiger partial charge >= 0.3 is 0 Å². The van der Waals surface area contributed by atoms with E-state index in [1.54, 1.807) is 18.2 Å². The SMILES string of the molecule is C[C@@H]1CCCC[C@H]1NC(=O)[C@@H](C)N1CCN(S(=O)(=O)c2cccc(Cl)c2)CC1. The lowest BCUT2D eigenvalue weighted by Gasteiger charge is -2.38. The van der Waals surface area contributed by atoms with Gasteiger partial charge in [0.05, 0.1) is 10.9 Å². The molecule has 1 aromatic carbocycles. The van der Waals surface area contributed by atoms with Gasteiger partial charge in [-0.3, -0.25) is 9.69 Å². The molecule has 1 amide bonds. The molecular weight excluding hydrogens is 398 g/mol. The number of hydrogen-bond donors (Lipinski definition) is 1. The third-order valence-electron chi connectivity index (χ3n) is 6.07. The van der Waals surface area contributed by atoms with Crippen molar-refractivity contribution in [3.05, 3.63) is 29.3 Å². The summed E-state index contributed by atoms with van der Waals surface area (Å²) >= 11 is 5.94. The fourth-order valence-electron chi connectivity index (χ4n) is 4.11. The van der Waals surface area contributed by atoms with Gasteiger partial charge in [0.1, 0.15) is 0 Å². The van der Waals surface area contributed by atoms with Gasteiger partial charge in [0.2, 0.25) is 15.9 Å². The maximum atomic E-state index is 12.8. The molecule has 1 aliphatic heterocycles. The minimum atomic E-state index is -3.56. The number of carbonyl (C=O) groups is 1. The van der Waals surface area contributed by atoms with Gasteiger partial charge in [0, 0.05) is 37.2 Å². The largest absolute Gasteiger partial charge is 0.352 e. The lowest BCUT2D eigenvalue weighted by atomic mass is 9.86. The first-order valence-electron chi connectivity index (χ1n) is 10.1. The number of amides is 1. The summed E-state index contributed by atoms with van der Waals surface area (Å²) in [4.78, 5) is 15.0. The highest BCUT2D eigenvalue weighted by Crippen LogP contribution is 2.24. The van der Waals surface area contributed by atoms with Gasteiger partial charge in [-0.2, -0.15) is 4.31 Å². The van der Waals surface area contributed by atoms with E-state index in [1.165, 1.54) is 29.6 Å². The predicted molar refractivity (Wildman–Crippen MR) is 111 cm³/mol. The first kappa shape index (κ1) is 21.6. The summed E-state index contributed by atoms with van der Waals surface area (Å²) < 4.78 is 27.1. The summed E-state index contributed by atoms with van der Waals surface area (Å²) in [6.45, 7) is 5.92. The van der Waals surface area contributed by atoms with Crippen LogP contribution < -0.4 is 5.32 Å². The van der Waals surface area contributed by atoms with Crippen LogP contribution in [0.5, 0.6) is 0 Å². The molecule has 0 radical (unpaired) electrons. The highest BCUT2D eigenvalue weighted by molar-refractivity contribution is 7.89. The maximum absolute atomic E-state index is 12.8. The average molecular weight is 428 g/mol. The van der Waals surface area contributed by atoms with Crippen molar-refractivity contribution in [3.63, 3.8) is 0 Å². The van der Waals surface area contributed by atoms with Crippen molar-refractivity contribution in [2.45, 2.75) is 56.5 Å². The third-order valence-corrected chi connectivity index (χ3v) is 8.20. The van der Waals surface area contributed by atoms with E-state index in [4.69, 9.17) is 11.6 Å². The molecule has 1 saturated carbocycles. The molecule has 3 rings (SSSR count). The second-order valence-electron chi connectivity index (χ2n) is 7.95. The summed E-state index contributed by atoms with van der Waals surface area (Å²) in [7, 11) is -3.56. The van der Waals surface area contributed by atoms with Gasteiger partial charge in [-0.1, -0.05) is 37.4 Å². The molecule has 1 aliphatic carbocycles. The summed E-state index contributed by atoms with van der Waals surface area (Å²) in [5, 5.41) is 3.62. The number of nitrogens with one attached hydrogen (secondary N) is 1. The molecule has 156 valence electrons. The fourth-order valence-corrected chi connectivity index (χ4v) is 5.83. The van der Waals surface area contributed by atoms with Gasteiger partial charge in [0.15, 0.2) is 0 Å². The molecule has 3 atom stereocenters. The second kappa shape index (κ2) is 9.11. The van der Waals surface area contributed by atoms with Gasteiger partial charge in [0.25, 0.3) is 0 Å². The van der Waals surface area contributed by atoms with E-state index < -0.39 is 10.0 Å². The van der Waals surface area contributed by atoms with Gasteiger partial charge in [-0.05, 0) is 43.9 Å². The number of nitrogens with zero attached hydrogens (tertiary/aromatic N) is 2. The normalized spacial score (nSPS) is 26.0. The van der Waals surface area contributed by atoms with Crippen LogP contribution in [0.25, 0.3) is 0 Å². The molecule has 1 aromatic rings. The van der Waals surface area contributed by atoms with Crippen LogP contribution in [0.15, 0.2) is 29.2 Å². The smallest absolute Gasteiger partial charge is 0.243 e. The molecule has 1 N–H and O–H groups in total. The molecule has 8 heteroatoms. The molecule has 2 aliphatic rings. The molecule has 6 nitrogen and oxygen atoms in total. The Labute approximate surface area is 173 Å². The van der Waals surface area contributed by atoms with Gasteiger partial charge in [-0.15, -0.1) is 0 Å². The Hall–Kier alpha value is -1.15. The Morgan fingerprint density at radius 1 is 1.18 bits per heavy atom. The van der Waals surface area contributed by atoms with Crippen LogP contribution in [0.3, 0.4) is 0 Å². The van der Waals surface area contributed by atoms with Crippen molar-refractivity contribution in [3.8, 4) is 0 Å². The highest BCUT2D eigenvalue weighted by atomic mass is 35.5. The monoisotopic (exact) mass is 427 g/mol. The summed E-state index contributed by atoms with van der Waals surface area (Å²) in [5.74, 6) is 0.564. The van der Waals surface area contributed by atoms with Gasteiger partial charge < -0.3 is 5.32 Å². The number of benzene rings is 1. The Bertz CT molecular complexity index is 794. The number of hydrogen-bond acceptors (Lipinski definition) is 4. The van der Waals surface area contributed by atoms with E-state index in [2.05, 4.69) is 17.1 Å². The number of rotatable bonds is 5. The number of halogens is 1. The Balaban J connectivity index is 1.56. The van der Waals surface area contributed by atoms with E-state index in [-0.39, 0.29) is 22.9 Å². The van der Waals surface area contributed by atoms with Crippen LogP contribution in [-0.2, 0) is 14.8 Å². The molecule has 0 bridgehead atoms. The molecule has 1 saturated heterocycles. The number of sulfonamides is 1. The topological polar surface area (TPSA) is 69.7 Å². The van der Waals surface area contributed by atoms with Crippen LogP contribution in [-0.4, -0.2) is 61.8 Å². The van der Waals surface area contributed by atoms with Crippen LogP contribution >= 0.6 is 11.6 Å². The van der Waals surface area contributed by atoms with Gasteiger partial charge in [-0.25, -0.2) is 8.42 Å². The van der Waals surface area contributed by atoms with Crippen molar-refractivity contribution >= 4 is 27.5 Å². The Kier molecular flexibility index (Phi) is 7.02. The summed E-state index contributed by atoms with van der Waals surface area (Å²) in [6, 6.07) is 6.34. The first-order valence-corrected chi connectivity index (χ1v) is 11.9. The van der Waals surface area contributed by atoms with Crippen LogP contribution in [0.4, 0.5) is 0 Å². The lowest BCUT2D eigenvalue weighted by Crippen LogP contribution is -2.56. The average Bonchev–Trinajstić information content (AvgIpc) is 2.69. The molecule has 1 heterocycles. The maximum Gasteiger partial charge on any atom is 0.243 e. The zero-order valence-electron chi connectivity index (χ0n) is 16.6. The Morgan fingerprint density at radius 2 is 1.86 bits per heavy atom. The molecule has 0 aromatic heterocycles. The molecule has 2 fully saturated rings. The van der Waals surface area contributed by atoms with Crippen LogP contribution in [0.2, 0.25) is 5.02 Å². The minimum Gasteiger partial charge on any atom is -0.352 e. The standard InChI is InChI=1S/C20H30ClN3O3S/c1-15-6-3-4-9-19(15)22-20(25)16(2)23-10-12-24(13-11-23)28(26,27)18-8-5-7-17(21)14-18/h5,7-8,14-16,19H,3-4,6,9-13H2,1-2H3,(H,22,25)/t15-,16-,19-/m1/s1. The van der Waals surface area contributed by atoms with E-state index in [0.29, 0.717) is 37.1 Å². The molecule has 28 heavy (non-hydrogen) atoms. The van der Waals surface area contributed by atoms with Crippen molar-refractivity contribution in [2.75, 3.05) is 26.2 Å². The highest BCUT2D eigenvalue weighted by Gasteiger charge is 2.33. The Morgan fingerprint density at radius 3 is 2.50 bits per heavy atom. The lowest BCUT2D eigenvalue weighted by molar-refractivity contribution is -0.127. The van der Waals surface area contributed by atoms with E-state index in [1.807, 2.05) is 6.92 Å². The van der Waals surface area contributed by atoms with E-state index in [9.17, 15) is 13.2 Å². The number of carbonyl (C=O) groups excluding carboxylic acids is 1. The van der Waals surface area contributed by atoms with Crippen LogP contribution in [0.1, 0.15) is 39.5 Å². The zero-order valence-corrected chi connectivity index (χ0v) is 18.2. The molecular formula is C20H30ClN3O3S. The number of piperazine rings is 1.